The number of esters is 1. The molecule has 166 valence electrons. The van der Waals surface area contributed by atoms with E-state index in [4.69, 9.17) is 9.47 Å². The monoisotopic (exact) mass is 436 g/mol. The van der Waals surface area contributed by atoms with Crippen LogP contribution < -0.4 is 9.88 Å². The molecule has 0 spiro atoms. The lowest BCUT2D eigenvalue weighted by Crippen LogP contribution is -2.36. The van der Waals surface area contributed by atoms with Crippen LogP contribution in [0.2, 0.25) is 0 Å². The van der Waals surface area contributed by atoms with Crippen LogP contribution in [-0.4, -0.2) is 23.8 Å². The molecule has 3 atom stereocenters. The van der Waals surface area contributed by atoms with Crippen molar-refractivity contribution < 1.29 is 23.2 Å². The molecule has 3 unspecified atom stereocenters. The summed E-state index contributed by atoms with van der Waals surface area (Å²) in [4.78, 5) is 12.4. The molecule has 7 heteroatoms. The zero-order chi connectivity index (χ0) is 22.1. The molecule has 1 saturated heterocycles. The molecule has 2 aliphatic heterocycles. The second-order valence-corrected chi connectivity index (χ2v) is 8.53. The summed E-state index contributed by atoms with van der Waals surface area (Å²) in [7, 11) is 1.95. The lowest BCUT2D eigenvalue weighted by Gasteiger charge is -2.43. The molecule has 1 aromatic heterocycles. The predicted octanol–water partition coefficient (Wildman–Crippen LogP) is 3.94. The van der Waals surface area contributed by atoms with Gasteiger partial charge in [-0.3, -0.25) is 0 Å². The van der Waals surface area contributed by atoms with Gasteiger partial charge in [-0.25, -0.2) is 18.3 Å². The maximum atomic E-state index is 13.9. The molecule has 0 amide bonds. The van der Waals surface area contributed by atoms with Crippen LogP contribution in [-0.2, 0) is 23.1 Å². The number of hydrogen-bond acceptors (Lipinski definition) is 4. The second-order valence-electron chi connectivity index (χ2n) is 8.53. The Balaban J connectivity index is 1.28. The van der Waals surface area contributed by atoms with E-state index in [1.165, 1.54) is 6.07 Å². The van der Waals surface area contributed by atoms with Gasteiger partial charge in [0.15, 0.2) is 0 Å². The van der Waals surface area contributed by atoms with Gasteiger partial charge in [0.2, 0.25) is 6.33 Å². The Labute approximate surface area is 186 Å². The first kappa shape index (κ1) is 20.7. The van der Waals surface area contributed by atoms with Crippen LogP contribution in [0, 0.1) is 11.7 Å². The lowest BCUT2D eigenvalue weighted by molar-refractivity contribution is -0.671. The summed E-state index contributed by atoms with van der Waals surface area (Å²) < 4.78 is 29.3. The number of anilines is 1. The molecule has 3 aromatic rings. The Morgan fingerprint density at radius 1 is 1.28 bits per heavy atom. The third kappa shape index (κ3) is 4.12. The van der Waals surface area contributed by atoms with Crippen molar-refractivity contribution in [3.63, 3.8) is 0 Å². The van der Waals surface area contributed by atoms with Crippen LogP contribution in [0.25, 0.3) is 0 Å². The van der Waals surface area contributed by atoms with E-state index in [2.05, 4.69) is 5.32 Å². The summed E-state index contributed by atoms with van der Waals surface area (Å²) in [6.07, 6.45) is 7.67. The summed E-state index contributed by atoms with van der Waals surface area (Å²) in [6, 6.07) is 12.4. The van der Waals surface area contributed by atoms with Gasteiger partial charge in [-0.2, -0.15) is 0 Å². The summed E-state index contributed by atoms with van der Waals surface area (Å²) in [5.74, 6) is -0.367. The van der Waals surface area contributed by atoms with E-state index in [1.807, 2.05) is 59.2 Å². The Morgan fingerprint density at radius 2 is 2.12 bits per heavy atom. The van der Waals surface area contributed by atoms with Gasteiger partial charge in [0.25, 0.3) is 0 Å². The van der Waals surface area contributed by atoms with Gasteiger partial charge in [0.1, 0.15) is 31.4 Å². The van der Waals surface area contributed by atoms with Crippen LogP contribution in [0.5, 0.6) is 0 Å². The fraction of sp³-hybridized carbons (Fsp3) is 0.360. The van der Waals surface area contributed by atoms with Gasteiger partial charge in [-0.1, -0.05) is 12.1 Å². The first-order valence-electron chi connectivity index (χ1n) is 11.0. The van der Waals surface area contributed by atoms with Crippen LogP contribution in [0.15, 0.2) is 61.2 Å². The van der Waals surface area contributed by atoms with Gasteiger partial charge in [0, 0.05) is 23.8 Å². The van der Waals surface area contributed by atoms with Crippen molar-refractivity contribution in [1.29, 1.82) is 0 Å². The number of rotatable bonds is 5. The normalized spacial score (nSPS) is 21.9. The number of nitrogens with zero attached hydrogens (tertiary/aromatic N) is 2. The summed E-state index contributed by atoms with van der Waals surface area (Å²) in [5.41, 5.74) is 3.40. The van der Waals surface area contributed by atoms with Gasteiger partial charge >= 0.3 is 5.97 Å². The van der Waals surface area contributed by atoms with Crippen LogP contribution in [0.4, 0.5) is 10.1 Å². The number of benzene rings is 2. The minimum absolute atomic E-state index is 0.0396. The SMILES string of the molecule is C[n+]1ccn(CCOC(=O)c2ccc(C3Nc4ccc(F)cc4C4OCCCC34)cc2)c1. The highest BCUT2D eigenvalue weighted by atomic mass is 19.1. The van der Waals surface area contributed by atoms with E-state index in [1.54, 1.807) is 12.1 Å². The molecule has 1 N–H and O–H groups in total. The zero-order valence-corrected chi connectivity index (χ0v) is 18.0. The summed E-state index contributed by atoms with van der Waals surface area (Å²) in [5, 5.41) is 3.58. The largest absolute Gasteiger partial charge is 0.458 e. The topological polar surface area (TPSA) is 56.4 Å². The fourth-order valence-corrected chi connectivity index (χ4v) is 4.76. The van der Waals surface area contributed by atoms with Crippen LogP contribution >= 0.6 is 0 Å². The zero-order valence-electron chi connectivity index (χ0n) is 18.0. The molecule has 2 aliphatic rings. The van der Waals surface area contributed by atoms with E-state index in [9.17, 15) is 9.18 Å². The summed E-state index contributed by atoms with van der Waals surface area (Å²) >= 11 is 0. The number of aryl methyl sites for hydroxylation is 1. The molecule has 0 bridgehead atoms. The molecule has 5 rings (SSSR count). The van der Waals surface area contributed by atoms with Crippen molar-refractivity contribution in [3.8, 4) is 0 Å². The molecular formula is C25H27FN3O3+. The Morgan fingerprint density at radius 3 is 2.91 bits per heavy atom. The Hall–Kier alpha value is -3.19. The standard InChI is InChI=1S/C25H27FN3O3/c1-28-10-11-29(16-28)12-14-32-25(30)18-6-4-17(5-7-18)23-20-3-2-13-31-24(20)21-15-19(26)8-9-22(21)27-23/h4-11,15-16,20,23-24,27H,2-3,12-14H2,1H3/q+1. The highest BCUT2D eigenvalue weighted by Crippen LogP contribution is 2.49. The number of fused-ring (bicyclic) bond motifs is 3. The number of carbonyl (C=O) groups is 1. The third-order valence-electron chi connectivity index (χ3n) is 6.34. The molecule has 0 radical (unpaired) electrons. The van der Waals surface area contributed by atoms with E-state index in [0.29, 0.717) is 25.3 Å². The fourth-order valence-electron chi connectivity index (χ4n) is 4.76. The van der Waals surface area contributed by atoms with E-state index in [0.717, 1.165) is 29.7 Å². The minimum Gasteiger partial charge on any atom is -0.458 e. The predicted molar refractivity (Wildman–Crippen MR) is 117 cm³/mol. The second kappa shape index (κ2) is 8.74. The number of aromatic nitrogens is 2. The molecule has 0 saturated carbocycles. The maximum absolute atomic E-state index is 13.9. The molecule has 2 aromatic carbocycles. The number of ether oxygens (including phenoxy) is 2. The Bertz CT molecular complexity index is 1110. The average molecular weight is 437 g/mol. The molecule has 32 heavy (non-hydrogen) atoms. The van der Waals surface area contributed by atoms with Gasteiger partial charge in [-0.15, -0.1) is 0 Å². The first-order valence-corrected chi connectivity index (χ1v) is 11.0. The van der Waals surface area contributed by atoms with Crippen LogP contribution in [0.3, 0.4) is 0 Å². The van der Waals surface area contributed by atoms with E-state index < -0.39 is 0 Å². The van der Waals surface area contributed by atoms with E-state index in [-0.39, 0.29) is 29.9 Å². The highest BCUT2D eigenvalue weighted by molar-refractivity contribution is 5.89. The van der Waals surface area contributed by atoms with Crippen molar-refractivity contribution >= 4 is 11.7 Å². The number of imidazole rings is 1. The van der Waals surface area contributed by atoms with Crippen molar-refractivity contribution in [1.82, 2.24) is 4.57 Å². The first-order chi connectivity index (χ1) is 15.6. The van der Waals surface area contributed by atoms with Crippen molar-refractivity contribution in [3.05, 3.63) is 83.7 Å². The molecule has 1 fully saturated rings. The molecule has 6 nitrogen and oxygen atoms in total. The molecule has 0 aliphatic carbocycles. The van der Waals surface area contributed by atoms with Crippen LogP contribution in [0.1, 0.15) is 46.5 Å². The lowest BCUT2D eigenvalue weighted by atomic mass is 9.77. The van der Waals surface area contributed by atoms with Gasteiger partial charge < -0.3 is 14.8 Å². The summed E-state index contributed by atoms with van der Waals surface area (Å²) in [6.45, 7) is 1.61. The van der Waals surface area contributed by atoms with Crippen molar-refractivity contribution in [2.75, 3.05) is 18.5 Å². The number of halogens is 1. The third-order valence-corrected chi connectivity index (χ3v) is 6.34. The quantitative estimate of drug-likeness (QED) is 0.486. The number of carbonyl (C=O) groups excluding carboxylic acids is 1. The minimum atomic E-state index is -0.329. The van der Waals surface area contributed by atoms with E-state index >= 15 is 0 Å². The maximum Gasteiger partial charge on any atom is 0.338 e. The smallest absolute Gasteiger partial charge is 0.338 e. The average Bonchev–Trinajstić information content (AvgIpc) is 3.23. The van der Waals surface area contributed by atoms with Gasteiger partial charge in [0.05, 0.1) is 24.8 Å². The number of hydrogen-bond donors (Lipinski definition) is 1. The molecular weight excluding hydrogens is 409 g/mol. The Kier molecular flexibility index (Phi) is 5.66. The van der Waals surface area contributed by atoms with Gasteiger partial charge in [-0.05, 0) is 48.7 Å². The highest BCUT2D eigenvalue weighted by Gasteiger charge is 2.40. The molecule has 3 heterocycles. The number of nitrogens with one attached hydrogen (secondary N) is 1. The van der Waals surface area contributed by atoms with Crippen molar-refractivity contribution in [2.45, 2.75) is 31.5 Å². The van der Waals surface area contributed by atoms with Crippen molar-refractivity contribution in [2.24, 2.45) is 13.0 Å².